The summed E-state index contributed by atoms with van der Waals surface area (Å²) in [5, 5.41) is 5.27. The highest BCUT2D eigenvalue weighted by Gasteiger charge is 2.34. The minimum Gasteiger partial charge on any atom is -0.484 e. The molecule has 0 spiro atoms. The Labute approximate surface area is 188 Å². The van der Waals surface area contributed by atoms with Crippen molar-refractivity contribution in [1.82, 2.24) is 5.32 Å². The summed E-state index contributed by atoms with van der Waals surface area (Å²) in [6.45, 7) is 2.60. The molecule has 1 fully saturated rings. The Hall–Kier alpha value is -2.94. The quantitative estimate of drug-likeness (QED) is 0.591. The predicted octanol–water partition coefficient (Wildman–Crippen LogP) is 3.48. The first-order chi connectivity index (χ1) is 14.9. The maximum atomic E-state index is 13.8. The molecule has 9 heteroatoms. The molecule has 7 nitrogen and oxygen atoms in total. The highest BCUT2D eigenvalue weighted by atomic mass is 79.9. The Morgan fingerprint density at radius 1 is 1.23 bits per heavy atom. The molecule has 164 valence electrons. The number of benzene rings is 2. The monoisotopic (exact) mass is 491 g/mol. The molecule has 0 bridgehead atoms. The minimum atomic E-state index is -0.552. The SMILES string of the molecule is CCCNC(=O)[C@@H]1CC(=O)N(c2ccc(OCC(=O)Nc3ccc(Br)cc3F)cc2)C1. The third-order valence-corrected chi connectivity index (χ3v) is 5.26. The van der Waals surface area contributed by atoms with Gasteiger partial charge in [-0.3, -0.25) is 14.4 Å². The lowest BCUT2D eigenvalue weighted by atomic mass is 10.1. The van der Waals surface area contributed by atoms with Gasteiger partial charge >= 0.3 is 0 Å². The van der Waals surface area contributed by atoms with Crippen LogP contribution in [0.3, 0.4) is 0 Å². The first kappa shape index (κ1) is 22.7. The number of nitrogens with zero attached hydrogens (tertiary/aromatic N) is 1. The number of ether oxygens (including phenoxy) is 1. The van der Waals surface area contributed by atoms with E-state index in [0.717, 1.165) is 6.42 Å². The molecule has 0 radical (unpaired) electrons. The molecule has 2 aromatic rings. The summed E-state index contributed by atoms with van der Waals surface area (Å²) in [6.07, 6.45) is 1.02. The maximum absolute atomic E-state index is 13.8. The molecule has 2 aromatic carbocycles. The summed E-state index contributed by atoms with van der Waals surface area (Å²) in [5.74, 6) is -1.20. The van der Waals surface area contributed by atoms with Gasteiger partial charge in [0.1, 0.15) is 11.6 Å². The van der Waals surface area contributed by atoms with Gasteiger partial charge in [0, 0.05) is 29.7 Å². The first-order valence-electron chi connectivity index (χ1n) is 9.93. The maximum Gasteiger partial charge on any atom is 0.262 e. The van der Waals surface area contributed by atoms with E-state index < -0.39 is 11.7 Å². The van der Waals surface area contributed by atoms with Gasteiger partial charge in [0.2, 0.25) is 11.8 Å². The number of amides is 3. The third-order valence-electron chi connectivity index (χ3n) is 4.77. The average Bonchev–Trinajstić information content (AvgIpc) is 3.14. The van der Waals surface area contributed by atoms with Crippen molar-refractivity contribution in [3.8, 4) is 5.75 Å². The molecule has 1 aliphatic rings. The number of nitrogens with one attached hydrogen (secondary N) is 2. The number of carbonyl (C=O) groups is 3. The summed E-state index contributed by atoms with van der Waals surface area (Å²) in [5.41, 5.74) is 0.724. The fourth-order valence-electron chi connectivity index (χ4n) is 3.17. The minimum absolute atomic E-state index is 0.0669. The van der Waals surface area contributed by atoms with Crippen LogP contribution in [-0.2, 0) is 14.4 Å². The Morgan fingerprint density at radius 3 is 2.65 bits per heavy atom. The molecule has 1 heterocycles. The van der Waals surface area contributed by atoms with Crippen molar-refractivity contribution in [2.24, 2.45) is 5.92 Å². The Bertz CT molecular complexity index is 968. The largest absolute Gasteiger partial charge is 0.484 e. The van der Waals surface area contributed by atoms with Crippen LogP contribution in [0.15, 0.2) is 46.9 Å². The summed E-state index contributed by atoms with van der Waals surface area (Å²) >= 11 is 3.16. The van der Waals surface area contributed by atoms with Crippen LogP contribution in [0.1, 0.15) is 19.8 Å². The Morgan fingerprint density at radius 2 is 1.97 bits per heavy atom. The number of hydrogen-bond acceptors (Lipinski definition) is 4. The number of halogens is 2. The van der Waals surface area contributed by atoms with Gasteiger partial charge in [0.25, 0.3) is 5.91 Å². The molecule has 2 N–H and O–H groups in total. The van der Waals surface area contributed by atoms with Crippen LogP contribution in [0.5, 0.6) is 5.75 Å². The molecule has 1 aliphatic heterocycles. The molecule has 0 saturated carbocycles. The van der Waals surface area contributed by atoms with E-state index in [1.54, 1.807) is 35.2 Å². The predicted molar refractivity (Wildman–Crippen MR) is 118 cm³/mol. The zero-order valence-electron chi connectivity index (χ0n) is 17.0. The smallest absolute Gasteiger partial charge is 0.262 e. The second kappa shape index (κ2) is 10.4. The first-order valence-corrected chi connectivity index (χ1v) is 10.7. The van der Waals surface area contributed by atoms with E-state index in [1.807, 2.05) is 6.92 Å². The number of hydrogen-bond donors (Lipinski definition) is 2. The van der Waals surface area contributed by atoms with E-state index >= 15 is 0 Å². The lowest BCUT2D eigenvalue weighted by molar-refractivity contribution is -0.126. The fourth-order valence-corrected chi connectivity index (χ4v) is 3.51. The van der Waals surface area contributed by atoms with Gasteiger partial charge in [0.15, 0.2) is 6.61 Å². The van der Waals surface area contributed by atoms with Gasteiger partial charge in [-0.1, -0.05) is 22.9 Å². The Balaban J connectivity index is 1.52. The van der Waals surface area contributed by atoms with E-state index in [4.69, 9.17) is 4.74 Å². The summed E-state index contributed by atoms with van der Waals surface area (Å²) in [7, 11) is 0. The average molecular weight is 492 g/mol. The number of anilines is 2. The lowest BCUT2D eigenvalue weighted by Gasteiger charge is -2.17. The summed E-state index contributed by atoms with van der Waals surface area (Å²) in [6, 6.07) is 11.0. The van der Waals surface area contributed by atoms with Crippen LogP contribution in [0, 0.1) is 11.7 Å². The highest BCUT2D eigenvalue weighted by Crippen LogP contribution is 2.27. The van der Waals surface area contributed by atoms with Crippen LogP contribution in [0.25, 0.3) is 0 Å². The highest BCUT2D eigenvalue weighted by molar-refractivity contribution is 9.10. The van der Waals surface area contributed by atoms with Crippen LogP contribution >= 0.6 is 15.9 Å². The molecule has 0 aromatic heterocycles. The number of carbonyl (C=O) groups excluding carboxylic acids is 3. The van der Waals surface area contributed by atoms with Crippen molar-refractivity contribution in [2.75, 3.05) is 29.9 Å². The summed E-state index contributed by atoms with van der Waals surface area (Å²) in [4.78, 5) is 38.0. The van der Waals surface area contributed by atoms with Crippen molar-refractivity contribution in [3.05, 3.63) is 52.8 Å². The molecule has 1 saturated heterocycles. The zero-order chi connectivity index (χ0) is 22.4. The van der Waals surface area contributed by atoms with Gasteiger partial charge in [-0.25, -0.2) is 4.39 Å². The van der Waals surface area contributed by atoms with E-state index in [0.29, 0.717) is 29.0 Å². The molecule has 3 amide bonds. The Kier molecular flexibility index (Phi) is 7.62. The third kappa shape index (κ3) is 6.04. The van der Waals surface area contributed by atoms with Crippen LogP contribution in [-0.4, -0.2) is 37.4 Å². The van der Waals surface area contributed by atoms with E-state index in [-0.39, 0.29) is 36.4 Å². The normalized spacial score (nSPS) is 15.6. The van der Waals surface area contributed by atoms with Crippen molar-refractivity contribution < 1.29 is 23.5 Å². The molecule has 0 unspecified atom stereocenters. The molecular weight excluding hydrogens is 469 g/mol. The van der Waals surface area contributed by atoms with Crippen LogP contribution in [0.4, 0.5) is 15.8 Å². The van der Waals surface area contributed by atoms with Crippen LogP contribution < -0.4 is 20.3 Å². The molecule has 1 atom stereocenters. The fraction of sp³-hybridized carbons (Fsp3) is 0.318. The van der Waals surface area contributed by atoms with Gasteiger partial charge < -0.3 is 20.3 Å². The number of rotatable bonds is 8. The van der Waals surface area contributed by atoms with Gasteiger partial charge in [0.05, 0.1) is 11.6 Å². The van der Waals surface area contributed by atoms with Crippen molar-refractivity contribution in [3.63, 3.8) is 0 Å². The topological polar surface area (TPSA) is 87.7 Å². The zero-order valence-corrected chi connectivity index (χ0v) is 18.6. The molecular formula is C22H23BrFN3O4. The standard InChI is InChI=1S/C22H23BrFN3O4/c1-2-9-25-22(30)14-10-21(29)27(12-14)16-4-6-17(7-5-16)31-13-20(28)26-19-8-3-15(23)11-18(19)24/h3-8,11,14H,2,9-10,12-13H2,1H3,(H,25,30)(H,26,28)/t14-/m1/s1. The lowest BCUT2D eigenvalue weighted by Crippen LogP contribution is -2.33. The second-order valence-electron chi connectivity index (χ2n) is 7.15. The molecule has 3 rings (SSSR count). The summed E-state index contributed by atoms with van der Waals surface area (Å²) < 4.78 is 19.8. The van der Waals surface area contributed by atoms with Gasteiger partial charge in [-0.05, 0) is 48.9 Å². The van der Waals surface area contributed by atoms with Gasteiger partial charge in [-0.15, -0.1) is 0 Å². The van der Waals surface area contributed by atoms with Crippen molar-refractivity contribution in [1.29, 1.82) is 0 Å². The van der Waals surface area contributed by atoms with E-state index in [1.165, 1.54) is 12.1 Å². The van der Waals surface area contributed by atoms with Gasteiger partial charge in [-0.2, -0.15) is 0 Å². The van der Waals surface area contributed by atoms with E-state index in [9.17, 15) is 18.8 Å². The second-order valence-corrected chi connectivity index (χ2v) is 8.07. The van der Waals surface area contributed by atoms with Crippen LogP contribution in [0.2, 0.25) is 0 Å². The molecule has 31 heavy (non-hydrogen) atoms. The molecule has 0 aliphatic carbocycles. The van der Waals surface area contributed by atoms with Crippen molar-refractivity contribution in [2.45, 2.75) is 19.8 Å². The van der Waals surface area contributed by atoms with Crippen molar-refractivity contribution >= 4 is 45.0 Å². The van der Waals surface area contributed by atoms with E-state index in [2.05, 4.69) is 26.6 Å².